The number of para-hydroxylation sites is 1. The van der Waals surface area contributed by atoms with Gasteiger partial charge in [-0.3, -0.25) is 4.79 Å². The minimum atomic E-state index is -0.282. The molecular weight excluding hydrogens is 356 g/mol. The second-order valence-corrected chi connectivity index (χ2v) is 6.69. The normalized spacial score (nSPS) is 14.4. The van der Waals surface area contributed by atoms with Gasteiger partial charge in [-0.15, -0.1) is 0 Å². The molecule has 1 aliphatic heterocycles. The molecule has 1 heterocycles. The predicted octanol–water partition coefficient (Wildman–Crippen LogP) is 3.62. The molecule has 1 aliphatic rings. The van der Waals surface area contributed by atoms with Crippen LogP contribution in [0.2, 0.25) is 0 Å². The van der Waals surface area contributed by atoms with Gasteiger partial charge in [-0.05, 0) is 38.0 Å². The summed E-state index contributed by atoms with van der Waals surface area (Å²) < 4.78 is 10.8. The third-order valence-corrected chi connectivity index (χ3v) is 4.76. The molecule has 0 atom stereocenters. The van der Waals surface area contributed by atoms with E-state index in [1.807, 2.05) is 54.6 Å². The lowest BCUT2D eigenvalue weighted by Gasteiger charge is -2.31. The third-order valence-electron chi connectivity index (χ3n) is 4.76. The maximum Gasteiger partial charge on any atom is 0.409 e. The van der Waals surface area contributed by atoms with E-state index >= 15 is 0 Å². The molecule has 2 amide bonds. The van der Waals surface area contributed by atoms with E-state index < -0.39 is 0 Å². The average Bonchev–Trinajstić information content (AvgIpc) is 2.74. The number of carbonyl (C=O) groups excluding carboxylic acids is 2. The lowest BCUT2D eigenvalue weighted by atomic mass is 10.0. The Labute approximate surface area is 165 Å². The zero-order valence-electron chi connectivity index (χ0n) is 16.1. The van der Waals surface area contributed by atoms with Gasteiger partial charge in [-0.1, -0.05) is 36.4 Å². The van der Waals surface area contributed by atoms with Gasteiger partial charge in [0.15, 0.2) is 0 Å². The van der Waals surface area contributed by atoms with Crippen LogP contribution in [0.3, 0.4) is 0 Å². The van der Waals surface area contributed by atoms with Crippen molar-refractivity contribution in [2.24, 2.45) is 0 Å². The van der Waals surface area contributed by atoms with E-state index in [1.54, 1.807) is 11.8 Å². The Morgan fingerprint density at radius 2 is 1.71 bits per heavy atom. The quantitative estimate of drug-likeness (QED) is 0.829. The van der Waals surface area contributed by atoms with Crippen molar-refractivity contribution in [2.45, 2.75) is 32.4 Å². The molecule has 0 radical (unpaired) electrons. The Kier molecular flexibility index (Phi) is 6.89. The van der Waals surface area contributed by atoms with Crippen LogP contribution in [0.4, 0.5) is 4.79 Å². The summed E-state index contributed by atoms with van der Waals surface area (Å²) in [5.74, 6) is 0.658. The fourth-order valence-corrected chi connectivity index (χ4v) is 3.23. The average molecular weight is 382 g/mol. The molecule has 0 spiro atoms. The number of hydrogen-bond donors (Lipinski definition) is 1. The molecule has 1 fully saturated rings. The SMILES string of the molecule is CCOC(=O)N1CCC(NC(=O)c2ccccc2COc2ccccc2)CC1. The first-order valence-electron chi connectivity index (χ1n) is 9.65. The fraction of sp³-hybridized carbons (Fsp3) is 0.364. The molecule has 3 rings (SSSR count). The first-order valence-corrected chi connectivity index (χ1v) is 9.65. The lowest BCUT2D eigenvalue weighted by molar-refractivity contribution is 0.0858. The molecule has 0 saturated carbocycles. The molecule has 2 aromatic rings. The summed E-state index contributed by atoms with van der Waals surface area (Å²) in [4.78, 5) is 26.3. The van der Waals surface area contributed by atoms with Crippen LogP contribution >= 0.6 is 0 Å². The fourth-order valence-electron chi connectivity index (χ4n) is 3.23. The summed E-state index contributed by atoms with van der Waals surface area (Å²) >= 11 is 0. The highest BCUT2D eigenvalue weighted by atomic mass is 16.6. The third kappa shape index (κ3) is 5.25. The van der Waals surface area contributed by atoms with Crippen LogP contribution in [0.25, 0.3) is 0 Å². The van der Waals surface area contributed by atoms with Crippen LogP contribution in [0, 0.1) is 0 Å². The Hall–Kier alpha value is -3.02. The molecule has 6 nitrogen and oxygen atoms in total. The van der Waals surface area contributed by atoms with Gasteiger partial charge in [0.1, 0.15) is 12.4 Å². The number of carbonyl (C=O) groups is 2. The molecule has 0 aromatic heterocycles. The maximum absolute atomic E-state index is 12.8. The first kappa shape index (κ1) is 19.7. The van der Waals surface area contributed by atoms with Crippen LogP contribution in [0.5, 0.6) is 5.75 Å². The van der Waals surface area contributed by atoms with Crippen LogP contribution < -0.4 is 10.1 Å². The number of benzene rings is 2. The van der Waals surface area contributed by atoms with Gasteiger partial charge in [0, 0.05) is 30.3 Å². The minimum Gasteiger partial charge on any atom is -0.489 e. The Morgan fingerprint density at radius 1 is 1.04 bits per heavy atom. The highest BCUT2D eigenvalue weighted by Crippen LogP contribution is 2.17. The zero-order valence-corrected chi connectivity index (χ0v) is 16.1. The number of amides is 2. The van der Waals surface area contributed by atoms with Gasteiger partial charge >= 0.3 is 6.09 Å². The van der Waals surface area contributed by atoms with E-state index in [0.717, 1.165) is 11.3 Å². The van der Waals surface area contributed by atoms with Crippen LogP contribution in [0.15, 0.2) is 54.6 Å². The second-order valence-electron chi connectivity index (χ2n) is 6.69. The zero-order chi connectivity index (χ0) is 19.8. The summed E-state index contributed by atoms with van der Waals surface area (Å²) in [6.45, 7) is 3.67. The molecule has 1 N–H and O–H groups in total. The largest absolute Gasteiger partial charge is 0.489 e. The van der Waals surface area contributed by atoms with Gasteiger partial charge < -0.3 is 19.7 Å². The highest BCUT2D eigenvalue weighted by molar-refractivity contribution is 5.95. The summed E-state index contributed by atoms with van der Waals surface area (Å²) in [6, 6.07) is 17.0. The van der Waals surface area contributed by atoms with E-state index in [4.69, 9.17) is 9.47 Å². The van der Waals surface area contributed by atoms with Crippen molar-refractivity contribution in [1.29, 1.82) is 0 Å². The van der Waals surface area contributed by atoms with Crippen molar-refractivity contribution in [3.05, 3.63) is 65.7 Å². The topological polar surface area (TPSA) is 67.9 Å². The summed E-state index contributed by atoms with van der Waals surface area (Å²) in [7, 11) is 0. The Bertz CT molecular complexity index is 786. The van der Waals surface area contributed by atoms with Crippen molar-refractivity contribution < 1.29 is 19.1 Å². The lowest BCUT2D eigenvalue weighted by Crippen LogP contribution is -2.46. The standard InChI is InChI=1S/C22H26N2O4/c1-2-27-22(26)24-14-12-18(13-15-24)23-21(25)20-11-7-6-8-17(20)16-28-19-9-4-3-5-10-19/h3-11,18H,2,12-16H2,1H3,(H,23,25). The summed E-state index contributed by atoms with van der Waals surface area (Å²) in [6.07, 6.45) is 1.15. The predicted molar refractivity (Wildman–Crippen MR) is 106 cm³/mol. The van der Waals surface area contributed by atoms with E-state index in [9.17, 15) is 9.59 Å². The Balaban J connectivity index is 1.55. The molecule has 0 aliphatic carbocycles. The van der Waals surface area contributed by atoms with Crippen LogP contribution in [-0.4, -0.2) is 42.6 Å². The first-order chi connectivity index (χ1) is 13.7. The number of likely N-dealkylation sites (tertiary alicyclic amines) is 1. The van der Waals surface area contributed by atoms with E-state index in [-0.39, 0.29) is 18.0 Å². The van der Waals surface area contributed by atoms with E-state index in [0.29, 0.717) is 44.7 Å². The van der Waals surface area contributed by atoms with Crippen LogP contribution in [-0.2, 0) is 11.3 Å². The number of ether oxygens (including phenoxy) is 2. The van der Waals surface area contributed by atoms with E-state index in [1.165, 1.54) is 0 Å². The van der Waals surface area contributed by atoms with Gasteiger partial charge in [-0.2, -0.15) is 0 Å². The van der Waals surface area contributed by atoms with Gasteiger partial charge in [0.2, 0.25) is 0 Å². The minimum absolute atomic E-state index is 0.0428. The van der Waals surface area contributed by atoms with Crippen molar-refractivity contribution in [1.82, 2.24) is 10.2 Å². The molecule has 2 aromatic carbocycles. The van der Waals surface area contributed by atoms with Crippen LogP contribution in [0.1, 0.15) is 35.7 Å². The second kappa shape index (κ2) is 9.78. The maximum atomic E-state index is 12.8. The number of piperidine rings is 1. The van der Waals surface area contributed by atoms with Gasteiger partial charge in [0.05, 0.1) is 6.61 Å². The molecule has 1 saturated heterocycles. The Morgan fingerprint density at radius 3 is 2.43 bits per heavy atom. The monoisotopic (exact) mass is 382 g/mol. The molecule has 148 valence electrons. The number of hydrogen-bond acceptors (Lipinski definition) is 4. The van der Waals surface area contributed by atoms with Gasteiger partial charge in [-0.25, -0.2) is 4.79 Å². The number of rotatable bonds is 6. The molecule has 6 heteroatoms. The smallest absolute Gasteiger partial charge is 0.409 e. The van der Waals surface area contributed by atoms with E-state index in [2.05, 4.69) is 5.32 Å². The number of nitrogens with zero attached hydrogens (tertiary/aromatic N) is 1. The molecule has 0 unspecified atom stereocenters. The van der Waals surface area contributed by atoms with Crippen molar-refractivity contribution in [2.75, 3.05) is 19.7 Å². The highest BCUT2D eigenvalue weighted by Gasteiger charge is 2.25. The van der Waals surface area contributed by atoms with Crippen molar-refractivity contribution in [3.8, 4) is 5.75 Å². The summed E-state index contributed by atoms with van der Waals surface area (Å²) in [5, 5.41) is 3.09. The summed E-state index contributed by atoms with van der Waals surface area (Å²) in [5.41, 5.74) is 1.46. The van der Waals surface area contributed by atoms with Gasteiger partial charge in [0.25, 0.3) is 5.91 Å². The molecule has 28 heavy (non-hydrogen) atoms. The van der Waals surface area contributed by atoms with Crippen molar-refractivity contribution in [3.63, 3.8) is 0 Å². The molecular formula is C22H26N2O4. The number of nitrogens with one attached hydrogen (secondary N) is 1. The van der Waals surface area contributed by atoms with Crippen molar-refractivity contribution >= 4 is 12.0 Å². The molecule has 0 bridgehead atoms.